The molecule has 1 aromatic heterocycles. The summed E-state index contributed by atoms with van der Waals surface area (Å²) in [5.41, 5.74) is 5.45. The number of ether oxygens (including phenoxy) is 1. The number of carbonyl (C=O) groups excluding carboxylic acids is 1. The van der Waals surface area contributed by atoms with Crippen LogP contribution in [-0.4, -0.2) is 18.0 Å². The summed E-state index contributed by atoms with van der Waals surface area (Å²) in [7, 11) is 1.64. The van der Waals surface area contributed by atoms with Crippen LogP contribution in [0.15, 0.2) is 77.3 Å². The molecule has 1 atom stereocenters. The highest BCUT2D eigenvalue weighted by molar-refractivity contribution is 9.10. The van der Waals surface area contributed by atoms with Gasteiger partial charge in [0.15, 0.2) is 0 Å². The molecule has 4 rings (SSSR count). The molecule has 0 bridgehead atoms. The zero-order chi connectivity index (χ0) is 24.5. The Balaban J connectivity index is 1.68. The van der Waals surface area contributed by atoms with Gasteiger partial charge in [-0.2, -0.15) is 0 Å². The predicted octanol–water partition coefficient (Wildman–Crippen LogP) is 7.46. The molecule has 174 valence electrons. The Hall–Kier alpha value is -3.18. The number of hydrogen-bond acceptors (Lipinski definition) is 3. The second-order valence-electron chi connectivity index (χ2n) is 9.51. The van der Waals surface area contributed by atoms with E-state index in [9.17, 15) is 4.79 Å². The summed E-state index contributed by atoms with van der Waals surface area (Å²) in [5, 5.41) is 3.98. The summed E-state index contributed by atoms with van der Waals surface area (Å²) in [4.78, 5) is 18.3. The molecule has 0 spiro atoms. The molecule has 4 nitrogen and oxygen atoms in total. The SMILES string of the molecule is COc1ccc(-c2cc(C(=O)NC(C)c3ccc(C(C)(C)C)cc3)c3cc(Br)ccc3n2)cc1. The van der Waals surface area contributed by atoms with Crippen molar-refractivity contribution in [1.29, 1.82) is 0 Å². The lowest BCUT2D eigenvalue weighted by molar-refractivity contribution is 0.0941. The second-order valence-corrected chi connectivity index (χ2v) is 10.4. The average molecular weight is 517 g/mol. The molecule has 0 saturated heterocycles. The maximum Gasteiger partial charge on any atom is 0.252 e. The Kier molecular flexibility index (Phi) is 6.76. The van der Waals surface area contributed by atoms with E-state index in [0.717, 1.165) is 37.9 Å². The van der Waals surface area contributed by atoms with Gasteiger partial charge in [-0.05, 0) is 72.0 Å². The highest BCUT2D eigenvalue weighted by Crippen LogP contribution is 2.29. The molecule has 1 N–H and O–H groups in total. The monoisotopic (exact) mass is 516 g/mol. The fourth-order valence-corrected chi connectivity index (χ4v) is 4.29. The van der Waals surface area contributed by atoms with E-state index >= 15 is 0 Å². The Morgan fingerprint density at radius 3 is 2.26 bits per heavy atom. The number of fused-ring (bicyclic) bond motifs is 1. The van der Waals surface area contributed by atoms with Crippen molar-refractivity contribution in [2.75, 3.05) is 7.11 Å². The van der Waals surface area contributed by atoms with E-state index in [1.54, 1.807) is 7.11 Å². The van der Waals surface area contributed by atoms with Crippen molar-refractivity contribution in [2.24, 2.45) is 0 Å². The number of nitrogens with one attached hydrogen (secondary N) is 1. The van der Waals surface area contributed by atoms with Crippen LogP contribution >= 0.6 is 15.9 Å². The molecule has 3 aromatic carbocycles. The molecular formula is C29H29BrN2O2. The molecule has 0 aliphatic heterocycles. The van der Waals surface area contributed by atoms with Crippen LogP contribution in [0.1, 0.15) is 55.2 Å². The van der Waals surface area contributed by atoms with E-state index in [2.05, 4.69) is 66.3 Å². The van der Waals surface area contributed by atoms with E-state index in [1.807, 2.05) is 55.5 Å². The van der Waals surface area contributed by atoms with Crippen molar-refractivity contribution in [3.8, 4) is 17.0 Å². The van der Waals surface area contributed by atoms with Gasteiger partial charge in [0.05, 0.1) is 29.9 Å². The normalized spacial score (nSPS) is 12.4. The lowest BCUT2D eigenvalue weighted by Gasteiger charge is -2.21. The van der Waals surface area contributed by atoms with Gasteiger partial charge in [0.2, 0.25) is 0 Å². The van der Waals surface area contributed by atoms with Crippen molar-refractivity contribution in [3.63, 3.8) is 0 Å². The average Bonchev–Trinajstić information content (AvgIpc) is 2.83. The summed E-state index contributed by atoms with van der Waals surface area (Å²) >= 11 is 3.53. The summed E-state index contributed by atoms with van der Waals surface area (Å²) < 4.78 is 6.17. The first-order valence-electron chi connectivity index (χ1n) is 11.3. The predicted molar refractivity (Wildman–Crippen MR) is 142 cm³/mol. The van der Waals surface area contributed by atoms with Crippen molar-refractivity contribution in [1.82, 2.24) is 10.3 Å². The third-order valence-electron chi connectivity index (χ3n) is 6.03. The largest absolute Gasteiger partial charge is 0.497 e. The minimum Gasteiger partial charge on any atom is -0.497 e. The molecule has 0 radical (unpaired) electrons. The Morgan fingerprint density at radius 2 is 1.65 bits per heavy atom. The summed E-state index contributed by atoms with van der Waals surface area (Å²) in [6, 6.07) is 23.7. The van der Waals surface area contributed by atoms with Gasteiger partial charge in [-0.25, -0.2) is 4.98 Å². The van der Waals surface area contributed by atoms with Crippen LogP contribution in [-0.2, 0) is 5.41 Å². The fraction of sp³-hybridized carbons (Fsp3) is 0.241. The molecule has 0 aliphatic carbocycles. The molecule has 0 fully saturated rings. The van der Waals surface area contributed by atoms with Gasteiger partial charge in [0, 0.05) is 15.4 Å². The van der Waals surface area contributed by atoms with Gasteiger partial charge in [-0.1, -0.05) is 61.0 Å². The Morgan fingerprint density at radius 1 is 0.971 bits per heavy atom. The van der Waals surface area contributed by atoms with Crippen LogP contribution in [0.3, 0.4) is 0 Å². The number of aromatic nitrogens is 1. The fourth-order valence-electron chi connectivity index (χ4n) is 3.93. The van der Waals surface area contributed by atoms with E-state index < -0.39 is 0 Å². The molecule has 1 amide bonds. The number of nitrogens with zero attached hydrogens (tertiary/aromatic N) is 1. The molecule has 5 heteroatoms. The molecule has 1 heterocycles. The minimum atomic E-state index is -0.138. The van der Waals surface area contributed by atoms with Crippen molar-refractivity contribution in [3.05, 3.63) is 94.0 Å². The quantitative estimate of drug-likeness (QED) is 0.299. The third kappa shape index (κ3) is 5.15. The first kappa shape index (κ1) is 24.0. The zero-order valence-corrected chi connectivity index (χ0v) is 21.7. The standard InChI is InChI=1S/C29H29BrN2O2/c1-18(19-6-10-21(11-7-19)29(2,3)4)31-28(33)25-17-27(20-8-13-23(34-5)14-9-20)32-26-15-12-22(30)16-24(25)26/h6-18H,1-5H3,(H,31,33). The van der Waals surface area contributed by atoms with Crippen molar-refractivity contribution >= 4 is 32.7 Å². The highest BCUT2D eigenvalue weighted by Gasteiger charge is 2.18. The van der Waals surface area contributed by atoms with Gasteiger partial charge < -0.3 is 10.1 Å². The van der Waals surface area contributed by atoms with Gasteiger partial charge in [0.25, 0.3) is 5.91 Å². The smallest absolute Gasteiger partial charge is 0.252 e. The van der Waals surface area contributed by atoms with Crippen LogP contribution < -0.4 is 10.1 Å². The topological polar surface area (TPSA) is 51.2 Å². The van der Waals surface area contributed by atoms with Gasteiger partial charge >= 0.3 is 0 Å². The Bertz CT molecular complexity index is 1320. The molecule has 4 aromatic rings. The van der Waals surface area contributed by atoms with Crippen LogP contribution in [0.2, 0.25) is 0 Å². The van der Waals surface area contributed by atoms with E-state index in [4.69, 9.17) is 9.72 Å². The summed E-state index contributed by atoms with van der Waals surface area (Å²) in [6.07, 6.45) is 0. The van der Waals surface area contributed by atoms with Crippen LogP contribution in [0, 0.1) is 0 Å². The number of pyridine rings is 1. The van der Waals surface area contributed by atoms with Crippen molar-refractivity contribution < 1.29 is 9.53 Å². The van der Waals surface area contributed by atoms with Crippen molar-refractivity contribution in [2.45, 2.75) is 39.2 Å². The summed E-state index contributed by atoms with van der Waals surface area (Å²) in [6.45, 7) is 8.59. The number of benzene rings is 3. The molecular weight excluding hydrogens is 488 g/mol. The second kappa shape index (κ2) is 9.59. The van der Waals surface area contributed by atoms with Crippen LogP contribution in [0.25, 0.3) is 22.2 Å². The third-order valence-corrected chi connectivity index (χ3v) is 6.52. The zero-order valence-electron chi connectivity index (χ0n) is 20.1. The first-order chi connectivity index (χ1) is 16.2. The van der Waals surface area contributed by atoms with Crippen LogP contribution in [0.4, 0.5) is 0 Å². The number of rotatable bonds is 5. The van der Waals surface area contributed by atoms with E-state index in [1.165, 1.54) is 5.56 Å². The summed E-state index contributed by atoms with van der Waals surface area (Å²) in [5.74, 6) is 0.644. The van der Waals surface area contributed by atoms with E-state index in [-0.39, 0.29) is 17.4 Å². The number of halogens is 1. The number of carbonyl (C=O) groups is 1. The number of hydrogen-bond donors (Lipinski definition) is 1. The molecule has 34 heavy (non-hydrogen) atoms. The van der Waals surface area contributed by atoms with Gasteiger partial charge in [-0.15, -0.1) is 0 Å². The van der Waals surface area contributed by atoms with Gasteiger partial charge in [-0.3, -0.25) is 4.79 Å². The maximum atomic E-state index is 13.5. The maximum absolute atomic E-state index is 13.5. The lowest BCUT2D eigenvalue weighted by atomic mass is 9.86. The Labute approximate surface area is 209 Å². The van der Waals surface area contributed by atoms with E-state index in [0.29, 0.717) is 5.56 Å². The minimum absolute atomic E-state index is 0.0895. The molecule has 0 aliphatic rings. The number of amides is 1. The molecule has 0 saturated carbocycles. The lowest BCUT2D eigenvalue weighted by Crippen LogP contribution is -2.27. The highest BCUT2D eigenvalue weighted by atomic mass is 79.9. The first-order valence-corrected chi connectivity index (χ1v) is 12.1. The molecule has 1 unspecified atom stereocenters. The van der Waals surface area contributed by atoms with Crippen LogP contribution in [0.5, 0.6) is 5.75 Å². The number of methoxy groups -OCH3 is 1. The van der Waals surface area contributed by atoms with Gasteiger partial charge in [0.1, 0.15) is 5.75 Å².